The molecular formula is C6H10Br4O2. The highest BCUT2D eigenvalue weighted by Crippen LogP contribution is 2.40. The molecule has 6 heteroatoms. The maximum Gasteiger partial charge on any atom is 0.169 e. The van der Waals surface area contributed by atoms with Crippen LogP contribution in [0.15, 0.2) is 0 Å². The minimum atomic E-state index is -0.267. The lowest BCUT2D eigenvalue weighted by Gasteiger charge is -2.23. The minimum absolute atomic E-state index is 0.116. The first-order valence-corrected chi connectivity index (χ1v) is 6.46. The van der Waals surface area contributed by atoms with Crippen molar-refractivity contribution in [1.82, 2.24) is 0 Å². The van der Waals surface area contributed by atoms with E-state index in [1.54, 1.807) is 14.2 Å². The molecule has 0 fully saturated rings. The Bertz CT molecular complexity index is 121. The summed E-state index contributed by atoms with van der Waals surface area (Å²) >= 11 is 13.7. The van der Waals surface area contributed by atoms with E-state index in [0.717, 1.165) is 6.42 Å². The summed E-state index contributed by atoms with van der Waals surface area (Å²) in [5.74, 6) is 0. The monoisotopic (exact) mass is 430 g/mol. The first kappa shape index (κ1) is 13.8. The van der Waals surface area contributed by atoms with Crippen molar-refractivity contribution in [3.63, 3.8) is 0 Å². The van der Waals surface area contributed by atoms with E-state index in [2.05, 4.69) is 63.7 Å². The second-order valence-corrected chi connectivity index (χ2v) is 10.6. The van der Waals surface area contributed by atoms with E-state index < -0.39 is 0 Å². The third-order valence-corrected chi connectivity index (χ3v) is 2.91. The summed E-state index contributed by atoms with van der Waals surface area (Å²) in [5.41, 5.74) is 0. The zero-order chi connectivity index (χ0) is 9.78. The third-order valence-electron chi connectivity index (χ3n) is 1.19. The Kier molecular flexibility index (Phi) is 7.32. The highest BCUT2D eigenvalue weighted by molar-refractivity contribution is 9.39. The Morgan fingerprint density at radius 3 is 1.83 bits per heavy atom. The summed E-state index contributed by atoms with van der Waals surface area (Å²) in [7, 11) is 3.22. The van der Waals surface area contributed by atoms with Gasteiger partial charge in [0.25, 0.3) is 0 Å². The normalized spacial score (nSPS) is 15.2. The maximum absolute atomic E-state index is 5.08. The van der Waals surface area contributed by atoms with Crippen molar-refractivity contribution in [1.29, 1.82) is 0 Å². The lowest BCUT2D eigenvalue weighted by atomic mass is 10.3. The molecule has 0 saturated heterocycles. The van der Waals surface area contributed by atoms with Gasteiger partial charge in [-0.1, -0.05) is 63.7 Å². The van der Waals surface area contributed by atoms with Gasteiger partial charge < -0.3 is 9.47 Å². The predicted octanol–water partition coefficient (Wildman–Crippen LogP) is 3.60. The van der Waals surface area contributed by atoms with Gasteiger partial charge in [-0.25, -0.2) is 0 Å². The van der Waals surface area contributed by atoms with E-state index in [9.17, 15) is 0 Å². The summed E-state index contributed by atoms with van der Waals surface area (Å²) in [6.07, 6.45) is 0.538. The Morgan fingerprint density at radius 1 is 1.17 bits per heavy atom. The molecule has 0 aliphatic carbocycles. The first-order valence-electron chi connectivity index (χ1n) is 3.17. The molecule has 0 amide bonds. The smallest absolute Gasteiger partial charge is 0.169 e. The zero-order valence-electron chi connectivity index (χ0n) is 6.69. The Hall–Kier alpha value is 1.84. The van der Waals surface area contributed by atoms with Crippen molar-refractivity contribution in [3.8, 4) is 0 Å². The van der Waals surface area contributed by atoms with Crippen molar-refractivity contribution in [3.05, 3.63) is 0 Å². The van der Waals surface area contributed by atoms with Gasteiger partial charge >= 0.3 is 0 Å². The number of hydrogen-bond donors (Lipinski definition) is 0. The second kappa shape index (κ2) is 6.35. The molecule has 0 aromatic carbocycles. The molecule has 0 bridgehead atoms. The molecule has 0 aliphatic rings. The van der Waals surface area contributed by atoms with Crippen LogP contribution in [-0.2, 0) is 9.47 Å². The van der Waals surface area contributed by atoms with Gasteiger partial charge in [0, 0.05) is 14.2 Å². The fourth-order valence-electron chi connectivity index (χ4n) is 0.709. The van der Waals surface area contributed by atoms with Gasteiger partial charge in [-0.3, -0.25) is 0 Å². The number of methoxy groups -OCH3 is 2. The van der Waals surface area contributed by atoms with Gasteiger partial charge in [0.2, 0.25) is 0 Å². The summed E-state index contributed by atoms with van der Waals surface area (Å²) in [6.45, 7) is 0. The molecule has 0 aliphatic heterocycles. The van der Waals surface area contributed by atoms with E-state index in [0.29, 0.717) is 0 Å². The van der Waals surface area contributed by atoms with Crippen molar-refractivity contribution in [2.24, 2.45) is 0 Å². The largest absolute Gasteiger partial charge is 0.355 e. The summed E-state index contributed by atoms with van der Waals surface area (Å²) < 4.78 is 9.88. The van der Waals surface area contributed by atoms with Crippen LogP contribution in [0.3, 0.4) is 0 Å². The van der Waals surface area contributed by atoms with E-state index in [1.807, 2.05) is 0 Å². The van der Waals surface area contributed by atoms with Crippen LogP contribution in [-0.4, -0.2) is 27.5 Å². The molecule has 0 rings (SSSR count). The molecule has 0 N–H and O–H groups in total. The van der Waals surface area contributed by atoms with Crippen LogP contribution in [0.25, 0.3) is 0 Å². The van der Waals surface area contributed by atoms with Crippen molar-refractivity contribution in [2.75, 3.05) is 14.2 Å². The molecule has 0 spiro atoms. The molecule has 0 radical (unpaired) electrons. The van der Waals surface area contributed by atoms with Gasteiger partial charge in [-0.15, -0.1) is 0 Å². The Balaban J connectivity index is 3.92. The Morgan fingerprint density at radius 2 is 1.58 bits per heavy atom. The molecule has 0 unspecified atom stereocenters. The summed E-state index contributed by atoms with van der Waals surface area (Å²) in [6, 6.07) is 0. The molecule has 0 aromatic rings. The SMILES string of the molecule is COC(OC)[C@H](Br)CC(Br)(Br)Br. The van der Waals surface area contributed by atoms with Crippen LogP contribution in [0.2, 0.25) is 0 Å². The summed E-state index contributed by atoms with van der Waals surface area (Å²) in [5, 5.41) is 0. The number of ether oxygens (including phenoxy) is 2. The fourth-order valence-corrected chi connectivity index (χ4v) is 3.98. The van der Waals surface area contributed by atoms with Crippen LogP contribution >= 0.6 is 63.7 Å². The molecular weight excluding hydrogens is 424 g/mol. The summed E-state index contributed by atoms with van der Waals surface area (Å²) in [4.78, 5) is 0.116. The zero-order valence-corrected chi connectivity index (χ0v) is 13.0. The average molecular weight is 434 g/mol. The highest BCUT2D eigenvalue weighted by Gasteiger charge is 2.27. The van der Waals surface area contributed by atoms with Gasteiger partial charge in [0.05, 0.1) is 4.83 Å². The molecule has 12 heavy (non-hydrogen) atoms. The first-order chi connectivity index (χ1) is 5.40. The van der Waals surface area contributed by atoms with Crippen molar-refractivity contribution in [2.45, 2.75) is 19.7 Å². The van der Waals surface area contributed by atoms with Gasteiger partial charge in [0.15, 0.2) is 6.29 Å². The van der Waals surface area contributed by atoms with E-state index in [4.69, 9.17) is 9.47 Å². The topological polar surface area (TPSA) is 18.5 Å². The Labute approximate surface area is 106 Å². The van der Waals surface area contributed by atoms with Crippen molar-refractivity contribution < 1.29 is 9.47 Å². The predicted molar refractivity (Wildman–Crippen MR) is 64.7 cm³/mol. The second-order valence-electron chi connectivity index (χ2n) is 2.18. The average Bonchev–Trinajstić information content (AvgIpc) is 1.85. The molecule has 0 saturated carbocycles. The van der Waals surface area contributed by atoms with E-state index >= 15 is 0 Å². The fraction of sp³-hybridized carbons (Fsp3) is 1.00. The highest BCUT2D eigenvalue weighted by atomic mass is 80.0. The van der Waals surface area contributed by atoms with E-state index in [-0.39, 0.29) is 13.3 Å². The van der Waals surface area contributed by atoms with Crippen molar-refractivity contribution >= 4 is 63.7 Å². The minimum Gasteiger partial charge on any atom is -0.355 e. The van der Waals surface area contributed by atoms with Crippen LogP contribution in [0, 0.1) is 0 Å². The number of rotatable bonds is 4. The van der Waals surface area contributed by atoms with Gasteiger partial charge in [-0.2, -0.15) is 0 Å². The van der Waals surface area contributed by atoms with Crippen LogP contribution < -0.4 is 0 Å². The quantitative estimate of drug-likeness (QED) is 0.498. The number of alkyl halides is 4. The van der Waals surface area contributed by atoms with E-state index in [1.165, 1.54) is 0 Å². The number of halogens is 4. The standard InChI is InChI=1S/C6H10Br4O2/c1-11-5(12-2)4(7)3-6(8,9)10/h4-5H,3H2,1-2H3/t4-/m1/s1. The van der Waals surface area contributed by atoms with Crippen LogP contribution in [0.4, 0.5) is 0 Å². The molecule has 0 heterocycles. The van der Waals surface area contributed by atoms with Gasteiger partial charge in [0.1, 0.15) is 2.14 Å². The number of hydrogen-bond acceptors (Lipinski definition) is 2. The third kappa shape index (κ3) is 6.32. The lowest BCUT2D eigenvalue weighted by molar-refractivity contribution is -0.101. The molecule has 2 nitrogen and oxygen atoms in total. The van der Waals surface area contributed by atoms with Crippen LogP contribution in [0.1, 0.15) is 6.42 Å². The lowest BCUT2D eigenvalue weighted by Crippen LogP contribution is -2.28. The van der Waals surface area contributed by atoms with Crippen LogP contribution in [0.5, 0.6) is 0 Å². The molecule has 74 valence electrons. The molecule has 0 aromatic heterocycles. The van der Waals surface area contributed by atoms with Gasteiger partial charge in [-0.05, 0) is 6.42 Å². The molecule has 1 atom stereocenters. The maximum atomic E-state index is 5.08.